The minimum atomic E-state index is -0.578. The normalized spacial score (nSPS) is 13.7. The first-order valence-electron chi connectivity index (χ1n) is 6.17. The van der Waals surface area contributed by atoms with Crippen molar-refractivity contribution in [3.8, 4) is 0 Å². The molecule has 0 fully saturated rings. The third kappa shape index (κ3) is 2.74. The Morgan fingerprint density at radius 3 is 2.89 bits per heavy atom. The molecule has 1 aromatic rings. The second-order valence-corrected chi connectivity index (χ2v) is 4.40. The minimum absolute atomic E-state index is 0.0694. The maximum atomic E-state index is 12.2. The van der Waals surface area contributed by atoms with Crippen molar-refractivity contribution >= 4 is 11.8 Å². The molecule has 102 valence electrons. The molecule has 4 N–H and O–H groups in total. The van der Waals surface area contributed by atoms with E-state index in [4.69, 9.17) is 10.8 Å². The van der Waals surface area contributed by atoms with E-state index in [-0.39, 0.29) is 18.1 Å². The van der Waals surface area contributed by atoms with Crippen molar-refractivity contribution in [2.24, 2.45) is 5.73 Å². The molecule has 0 saturated heterocycles. The van der Waals surface area contributed by atoms with Crippen molar-refractivity contribution < 1.29 is 14.7 Å². The lowest BCUT2D eigenvalue weighted by molar-refractivity contribution is 0.0775. The molecule has 0 spiro atoms. The van der Waals surface area contributed by atoms with Crippen LogP contribution in [-0.2, 0) is 6.54 Å². The number of benzene rings is 1. The van der Waals surface area contributed by atoms with Crippen molar-refractivity contribution in [2.45, 2.75) is 6.54 Å². The fourth-order valence-electron chi connectivity index (χ4n) is 2.22. The molecule has 1 aliphatic rings. The largest absolute Gasteiger partial charge is 0.395 e. The topological polar surface area (TPSA) is 95.7 Å². The van der Waals surface area contributed by atoms with Crippen LogP contribution in [0, 0.1) is 0 Å². The number of hydrogen-bond acceptors (Lipinski definition) is 4. The average Bonchev–Trinajstić information content (AvgIpc) is 2.72. The van der Waals surface area contributed by atoms with Gasteiger partial charge in [0.15, 0.2) is 0 Å². The van der Waals surface area contributed by atoms with Crippen molar-refractivity contribution in [1.82, 2.24) is 10.2 Å². The maximum Gasteiger partial charge on any atom is 0.255 e. The molecule has 2 amide bonds. The van der Waals surface area contributed by atoms with E-state index in [1.54, 1.807) is 17.0 Å². The van der Waals surface area contributed by atoms with Crippen molar-refractivity contribution in [2.75, 3.05) is 26.2 Å². The minimum Gasteiger partial charge on any atom is -0.395 e. The number of hydrogen-bond donors (Lipinski definition) is 3. The van der Waals surface area contributed by atoms with E-state index >= 15 is 0 Å². The van der Waals surface area contributed by atoms with Crippen molar-refractivity contribution in [3.63, 3.8) is 0 Å². The molecular formula is C13H17N3O3. The fraction of sp³-hybridized carbons (Fsp3) is 0.385. The van der Waals surface area contributed by atoms with Crippen molar-refractivity contribution in [1.29, 1.82) is 0 Å². The number of aliphatic hydroxyl groups excluding tert-OH is 1. The Labute approximate surface area is 111 Å². The monoisotopic (exact) mass is 263 g/mol. The highest BCUT2D eigenvalue weighted by Crippen LogP contribution is 2.25. The highest BCUT2D eigenvalue weighted by atomic mass is 16.3. The number of carbonyl (C=O) groups is 2. The molecule has 0 atom stereocenters. The SMILES string of the molecule is NC(=O)c1cccc2c1C(=O)N(CCNCCO)C2. The summed E-state index contributed by atoms with van der Waals surface area (Å²) in [6.45, 7) is 2.20. The van der Waals surface area contributed by atoms with Crippen LogP contribution in [0.2, 0.25) is 0 Å². The number of rotatable bonds is 6. The number of aliphatic hydroxyl groups is 1. The number of fused-ring (bicyclic) bond motifs is 1. The quantitative estimate of drug-likeness (QED) is 0.593. The van der Waals surface area contributed by atoms with Crippen molar-refractivity contribution in [3.05, 3.63) is 34.9 Å². The van der Waals surface area contributed by atoms with Gasteiger partial charge < -0.3 is 21.1 Å². The van der Waals surface area contributed by atoms with Crippen LogP contribution in [0.1, 0.15) is 26.3 Å². The first-order chi connectivity index (χ1) is 9.15. The van der Waals surface area contributed by atoms with Gasteiger partial charge in [0.2, 0.25) is 5.91 Å². The Kier molecular flexibility index (Phi) is 4.13. The molecule has 1 aliphatic heterocycles. The van der Waals surface area contributed by atoms with E-state index in [0.29, 0.717) is 31.7 Å². The third-order valence-electron chi connectivity index (χ3n) is 3.13. The molecule has 0 unspecified atom stereocenters. The van der Waals surface area contributed by atoms with Gasteiger partial charge in [-0.05, 0) is 11.6 Å². The summed E-state index contributed by atoms with van der Waals surface area (Å²) in [6, 6.07) is 5.15. The Morgan fingerprint density at radius 1 is 1.42 bits per heavy atom. The molecule has 0 radical (unpaired) electrons. The molecule has 2 rings (SSSR count). The molecule has 19 heavy (non-hydrogen) atoms. The van der Waals surface area contributed by atoms with Crippen LogP contribution < -0.4 is 11.1 Å². The highest BCUT2D eigenvalue weighted by molar-refractivity contribution is 6.09. The molecule has 1 aromatic carbocycles. The van der Waals surface area contributed by atoms with Crippen LogP contribution in [0.5, 0.6) is 0 Å². The van der Waals surface area contributed by atoms with Crippen LogP contribution in [0.15, 0.2) is 18.2 Å². The number of nitrogens with one attached hydrogen (secondary N) is 1. The van der Waals surface area contributed by atoms with Gasteiger partial charge in [-0.15, -0.1) is 0 Å². The second kappa shape index (κ2) is 5.81. The van der Waals surface area contributed by atoms with E-state index in [1.807, 2.05) is 6.07 Å². The van der Waals surface area contributed by atoms with E-state index < -0.39 is 5.91 Å². The molecule has 6 nitrogen and oxygen atoms in total. The average molecular weight is 263 g/mol. The molecule has 0 bridgehead atoms. The number of nitrogens with two attached hydrogens (primary N) is 1. The van der Waals surface area contributed by atoms with Gasteiger partial charge >= 0.3 is 0 Å². The summed E-state index contributed by atoms with van der Waals surface area (Å²) in [7, 11) is 0. The smallest absolute Gasteiger partial charge is 0.255 e. The molecular weight excluding hydrogens is 246 g/mol. The van der Waals surface area contributed by atoms with E-state index in [1.165, 1.54) is 0 Å². The van der Waals surface area contributed by atoms with Gasteiger partial charge in [-0.25, -0.2) is 0 Å². The Balaban J connectivity index is 2.09. The van der Waals surface area contributed by atoms with Crippen LogP contribution >= 0.6 is 0 Å². The van der Waals surface area contributed by atoms with Gasteiger partial charge in [-0.1, -0.05) is 12.1 Å². The zero-order valence-electron chi connectivity index (χ0n) is 10.6. The number of carbonyl (C=O) groups excluding carboxylic acids is 2. The van der Waals surface area contributed by atoms with Crippen LogP contribution in [0.4, 0.5) is 0 Å². The van der Waals surface area contributed by atoms with Gasteiger partial charge in [0, 0.05) is 26.2 Å². The lowest BCUT2D eigenvalue weighted by Gasteiger charge is -2.15. The summed E-state index contributed by atoms with van der Waals surface area (Å²) in [5.41, 5.74) is 6.83. The van der Waals surface area contributed by atoms with Gasteiger partial charge in [-0.3, -0.25) is 9.59 Å². The van der Waals surface area contributed by atoms with Gasteiger partial charge in [0.05, 0.1) is 17.7 Å². The lowest BCUT2D eigenvalue weighted by atomic mass is 10.0. The van der Waals surface area contributed by atoms with Crippen LogP contribution in [-0.4, -0.2) is 48.1 Å². The van der Waals surface area contributed by atoms with E-state index in [2.05, 4.69) is 5.32 Å². The fourth-order valence-corrected chi connectivity index (χ4v) is 2.22. The Morgan fingerprint density at radius 2 is 2.21 bits per heavy atom. The van der Waals surface area contributed by atoms with Gasteiger partial charge in [-0.2, -0.15) is 0 Å². The highest BCUT2D eigenvalue weighted by Gasteiger charge is 2.30. The molecule has 0 aromatic heterocycles. The number of nitrogens with zero attached hydrogens (tertiary/aromatic N) is 1. The number of amides is 2. The van der Waals surface area contributed by atoms with E-state index in [0.717, 1.165) is 5.56 Å². The standard InChI is InChI=1S/C13H17N3O3/c14-12(18)10-3-1-2-9-8-16(13(19)11(9)10)6-4-15-5-7-17/h1-3,15,17H,4-8H2,(H2,14,18). The van der Waals surface area contributed by atoms with E-state index in [9.17, 15) is 9.59 Å². The zero-order valence-corrected chi connectivity index (χ0v) is 10.6. The summed E-state index contributed by atoms with van der Waals surface area (Å²) < 4.78 is 0. The molecule has 0 aliphatic carbocycles. The Bertz CT molecular complexity index is 502. The number of primary amides is 1. The predicted octanol–water partition coefficient (Wildman–Crippen LogP) is -0.677. The summed E-state index contributed by atoms with van der Waals surface area (Å²) in [5, 5.41) is 11.7. The lowest BCUT2D eigenvalue weighted by Crippen LogP contribution is -2.33. The summed E-state index contributed by atoms with van der Waals surface area (Å²) in [5.74, 6) is -0.736. The zero-order chi connectivity index (χ0) is 13.8. The van der Waals surface area contributed by atoms with Gasteiger partial charge in [0.1, 0.15) is 0 Å². The molecule has 6 heteroatoms. The van der Waals surface area contributed by atoms with Gasteiger partial charge in [0.25, 0.3) is 5.91 Å². The maximum absolute atomic E-state index is 12.2. The first kappa shape index (κ1) is 13.5. The molecule has 1 heterocycles. The summed E-state index contributed by atoms with van der Waals surface area (Å²) >= 11 is 0. The summed E-state index contributed by atoms with van der Waals surface area (Å²) in [6.07, 6.45) is 0. The molecule has 0 saturated carbocycles. The third-order valence-corrected chi connectivity index (χ3v) is 3.13. The predicted molar refractivity (Wildman–Crippen MR) is 69.7 cm³/mol. The van der Waals surface area contributed by atoms with Crippen LogP contribution in [0.3, 0.4) is 0 Å². The summed E-state index contributed by atoms with van der Waals surface area (Å²) in [4.78, 5) is 25.2. The van der Waals surface area contributed by atoms with Crippen LogP contribution in [0.25, 0.3) is 0 Å². The second-order valence-electron chi connectivity index (χ2n) is 4.40. The first-order valence-corrected chi connectivity index (χ1v) is 6.17. The Hall–Kier alpha value is -1.92.